The molecule has 0 bridgehead atoms. The molecular weight excluding hydrogens is 449 g/mol. The average molecular weight is 475 g/mol. The summed E-state index contributed by atoms with van der Waals surface area (Å²) < 4.78 is 68.9. The van der Waals surface area contributed by atoms with Gasteiger partial charge in [-0.3, -0.25) is 4.90 Å². The van der Waals surface area contributed by atoms with Gasteiger partial charge < -0.3 is 10.1 Å². The van der Waals surface area contributed by atoms with Crippen molar-refractivity contribution in [3.63, 3.8) is 0 Å². The molecule has 1 heterocycles. The molecule has 0 radical (unpaired) electrons. The summed E-state index contributed by atoms with van der Waals surface area (Å²) in [6, 6.07) is 14.7. The summed E-state index contributed by atoms with van der Waals surface area (Å²) in [6.07, 6.45) is 0.653. The molecule has 31 heavy (non-hydrogen) atoms. The number of benzene rings is 2. The molecule has 3 rings (SSSR count). The number of alkyl halides is 3. The SMILES string of the molecule is O=S(=O)(c1ccccc1NC(CCN1CCOCC1)CSc1ccccc1)C(F)(F)F. The van der Waals surface area contributed by atoms with Gasteiger partial charge in [0.05, 0.1) is 23.8 Å². The summed E-state index contributed by atoms with van der Waals surface area (Å²) in [7, 11) is -5.45. The molecule has 0 amide bonds. The van der Waals surface area contributed by atoms with Crippen LogP contribution in [0.15, 0.2) is 64.4 Å². The van der Waals surface area contributed by atoms with Crippen LogP contribution in [0.25, 0.3) is 0 Å². The molecule has 5 nitrogen and oxygen atoms in total. The van der Waals surface area contributed by atoms with E-state index >= 15 is 0 Å². The van der Waals surface area contributed by atoms with Crippen molar-refractivity contribution in [1.82, 2.24) is 4.90 Å². The van der Waals surface area contributed by atoms with Crippen molar-refractivity contribution >= 4 is 27.3 Å². The van der Waals surface area contributed by atoms with Gasteiger partial charge in [0.25, 0.3) is 9.84 Å². The number of hydrogen-bond donors (Lipinski definition) is 1. The lowest BCUT2D eigenvalue weighted by Gasteiger charge is -2.29. The van der Waals surface area contributed by atoms with Crippen LogP contribution in [0, 0.1) is 0 Å². The van der Waals surface area contributed by atoms with E-state index in [-0.39, 0.29) is 11.7 Å². The van der Waals surface area contributed by atoms with Crippen molar-refractivity contribution in [2.45, 2.75) is 27.8 Å². The summed E-state index contributed by atoms with van der Waals surface area (Å²) in [4.78, 5) is 2.53. The van der Waals surface area contributed by atoms with Crippen LogP contribution in [0.5, 0.6) is 0 Å². The minimum Gasteiger partial charge on any atom is -0.380 e. The second-order valence-corrected chi connectivity index (χ2v) is 10.2. The summed E-state index contributed by atoms with van der Waals surface area (Å²) in [5.74, 6) is 0.578. The average Bonchev–Trinajstić information content (AvgIpc) is 2.76. The van der Waals surface area contributed by atoms with Crippen LogP contribution in [-0.4, -0.2) is 63.5 Å². The Kier molecular flexibility index (Phi) is 8.26. The fourth-order valence-corrected chi connectivity index (χ4v) is 5.16. The number of thioether (sulfide) groups is 1. The minimum atomic E-state index is -5.45. The molecule has 170 valence electrons. The second-order valence-electron chi connectivity index (χ2n) is 7.15. The largest absolute Gasteiger partial charge is 0.501 e. The third-order valence-electron chi connectivity index (χ3n) is 4.93. The lowest BCUT2D eigenvalue weighted by Crippen LogP contribution is -2.39. The van der Waals surface area contributed by atoms with Crippen LogP contribution >= 0.6 is 11.8 Å². The molecule has 10 heteroatoms. The first-order chi connectivity index (χ1) is 14.8. The molecule has 0 aromatic heterocycles. The zero-order chi connectivity index (χ0) is 22.3. The van der Waals surface area contributed by atoms with Crippen LogP contribution < -0.4 is 5.32 Å². The maximum Gasteiger partial charge on any atom is 0.501 e. The van der Waals surface area contributed by atoms with E-state index < -0.39 is 20.2 Å². The molecule has 1 aliphatic heterocycles. The van der Waals surface area contributed by atoms with E-state index in [0.29, 0.717) is 25.4 Å². The molecule has 2 aromatic rings. The fourth-order valence-electron chi connectivity index (χ4n) is 3.24. The molecule has 1 unspecified atom stereocenters. The number of nitrogens with one attached hydrogen (secondary N) is 1. The van der Waals surface area contributed by atoms with E-state index in [0.717, 1.165) is 30.6 Å². The third kappa shape index (κ3) is 6.61. The lowest BCUT2D eigenvalue weighted by atomic mass is 10.2. The van der Waals surface area contributed by atoms with Crippen molar-refractivity contribution in [2.75, 3.05) is 43.9 Å². The molecule has 1 atom stereocenters. The number of hydrogen-bond acceptors (Lipinski definition) is 6. The van der Waals surface area contributed by atoms with Gasteiger partial charge >= 0.3 is 5.51 Å². The maximum absolute atomic E-state index is 13.2. The van der Waals surface area contributed by atoms with Gasteiger partial charge in [-0.15, -0.1) is 11.8 Å². The van der Waals surface area contributed by atoms with Crippen LogP contribution in [0.3, 0.4) is 0 Å². The number of rotatable bonds is 9. The quantitative estimate of drug-likeness (QED) is 0.548. The van der Waals surface area contributed by atoms with E-state index in [1.165, 1.54) is 18.2 Å². The van der Waals surface area contributed by atoms with Crippen molar-refractivity contribution in [3.05, 3.63) is 54.6 Å². The first kappa shape index (κ1) is 23.9. The fraction of sp³-hybridized carbons (Fsp3) is 0.429. The van der Waals surface area contributed by atoms with Gasteiger partial charge in [0.2, 0.25) is 0 Å². The highest BCUT2D eigenvalue weighted by Gasteiger charge is 2.48. The van der Waals surface area contributed by atoms with E-state index in [9.17, 15) is 21.6 Å². The molecule has 1 fully saturated rings. The van der Waals surface area contributed by atoms with Gasteiger partial charge in [-0.25, -0.2) is 8.42 Å². The molecule has 1 saturated heterocycles. The van der Waals surface area contributed by atoms with Gasteiger partial charge in [0, 0.05) is 36.3 Å². The predicted octanol–water partition coefficient (Wildman–Crippen LogP) is 4.28. The first-order valence-electron chi connectivity index (χ1n) is 9.92. The maximum atomic E-state index is 13.2. The first-order valence-corrected chi connectivity index (χ1v) is 12.4. The van der Waals surface area contributed by atoms with Crippen molar-refractivity contribution in [3.8, 4) is 0 Å². The zero-order valence-corrected chi connectivity index (χ0v) is 18.5. The lowest BCUT2D eigenvalue weighted by molar-refractivity contribution is -0.0435. The number of ether oxygens (including phenoxy) is 1. The highest BCUT2D eigenvalue weighted by molar-refractivity contribution is 7.99. The Bertz CT molecular complexity index is 934. The van der Waals surface area contributed by atoms with Crippen LogP contribution in [0.4, 0.5) is 18.9 Å². The van der Waals surface area contributed by atoms with E-state index in [4.69, 9.17) is 4.74 Å². The Labute approximate surface area is 184 Å². The van der Waals surface area contributed by atoms with Gasteiger partial charge in [0.15, 0.2) is 0 Å². The van der Waals surface area contributed by atoms with E-state index in [2.05, 4.69) is 10.2 Å². The predicted molar refractivity (Wildman–Crippen MR) is 116 cm³/mol. The number of anilines is 1. The number of halogens is 3. The normalized spacial score (nSPS) is 16.7. The summed E-state index contributed by atoms with van der Waals surface area (Å²) in [5, 5.41) is 3.08. The summed E-state index contributed by atoms with van der Waals surface area (Å²) in [6.45, 7) is 3.66. The smallest absolute Gasteiger partial charge is 0.380 e. The van der Waals surface area contributed by atoms with Gasteiger partial charge in [-0.1, -0.05) is 30.3 Å². The number of para-hydroxylation sites is 1. The zero-order valence-electron chi connectivity index (χ0n) is 16.8. The van der Waals surface area contributed by atoms with Gasteiger partial charge in [-0.2, -0.15) is 13.2 Å². The van der Waals surface area contributed by atoms with Crippen molar-refractivity contribution < 1.29 is 26.3 Å². The van der Waals surface area contributed by atoms with Crippen molar-refractivity contribution in [2.24, 2.45) is 0 Å². The van der Waals surface area contributed by atoms with E-state index in [1.807, 2.05) is 30.3 Å². The standard InChI is InChI=1S/C21H25F3N2O3S2/c22-21(23,24)31(27,28)20-9-5-4-8-19(20)25-17(10-11-26-12-14-29-15-13-26)16-30-18-6-2-1-3-7-18/h1-9,17,25H,10-16H2. The molecule has 2 aromatic carbocycles. The van der Waals surface area contributed by atoms with Gasteiger partial charge in [-0.05, 0) is 30.7 Å². The molecule has 1 N–H and O–H groups in total. The topological polar surface area (TPSA) is 58.6 Å². The monoisotopic (exact) mass is 474 g/mol. The molecule has 0 saturated carbocycles. The number of morpholine rings is 1. The molecular formula is C21H25F3N2O3S2. The minimum absolute atomic E-state index is 0.0273. The summed E-state index contributed by atoms with van der Waals surface area (Å²) >= 11 is 1.58. The van der Waals surface area contributed by atoms with Crippen LogP contribution in [0.2, 0.25) is 0 Å². The molecule has 0 aliphatic carbocycles. The highest BCUT2D eigenvalue weighted by Crippen LogP contribution is 2.35. The Hall–Kier alpha value is -1.75. The Morgan fingerprint density at radius 2 is 1.68 bits per heavy atom. The van der Waals surface area contributed by atoms with Crippen LogP contribution in [0.1, 0.15) is 6.42 Å². The Balaban J connectivity index is 1.77. The summed E-state index contributed by atoms with van der Waals surface area (Å²) in [5.41, 5.74) is -5.38. The number of nitrogens with zero attached hydrogens (tertiary/aromatic N) is 1. The highest BCUT2D eigenvalue weighted by atomic mass is 32.2. The second kappa shape index (κ2) is 10.7. The van der Waals surface area contributed by atoms with Crippen LogP contribution in [-0.2, 0) is 14.6 Å². The number of sulfone groups is 1. The van der Waals surface area contributed by atoms with Crippen molar-refractivity contribution in [1.29, 1.82) is 0 Å². The third-order valence-corrected chi connectivity index (χ3v) is 7.65. The molecule has 1 aliphatic rings. The van der Waals surface area contributed by atoms with E-state index in [1.54, 1.807) is 11.8 Å². The Morgan fingerprint density at radius 1 is 1.03 bits per heavy atom. The Morgan fingerprint density at radius 3 is 2.35 bits per heavy atom. The molecule has 0 spiro atoms. The van der Waals surface area contributed by atoms with Gasteiger partial charge in [0.1, 0.15) is 0 Å².